The molecule has 0 atom stereocenters. The lowest BCUT2D eigenvalue weighted by atomic mass is 10.0. The fourth-order valence-electron chi connectivity index (χ4n) is 3.77. The number of carbonyl (C=O) groups excluding carboxylic acids is 2. The number of fused-ring (bicyclic) bond motifs is 1. The van der Waals surface area contributed by atoms with Gasteiger partial charge in [-0.2, -0.15) is 5.10 Å². The Balaban J connectivity index is 0.00000256. The van der Waals surface area contributed by atoms with Crippen LogP contribution in [0.15, 0.2) is 36.4 Å². The maximum atomic E-state index is 12.7. The number of benzene rings is 1. The van der Waals surface area contributed by atoms with E-state index in [0.29, 0.717) is 16.3 Å². The van der Waals surface area contributed by atoms with Crippen LogP contribution in [-0.2, 0) is 26.6 Å². The van der Waals surface area contributed by atoms with Crippen molar-refractivity contribution in [2.45, 2.75) is 26.4 Å². The number of nitrogens with two attached hydrogens (primary N) is 1. The topological polar surface area (TPSA) is 93.2 Å². The van der Waals surface area contributed by atoms with E-state index in [1.54, 1.807) is 13.1 Å². The van der Waals surface area contributed by atoms with Gasteiger partial charge in [-0.3, -0.25) is 19.2 Å². The minimum absolute atomic E-state index is 0. The maximum Gasteiger partial charge on any atom is 0.274 e. The maximum absolute atomic E-state index is 12.7. The van der Waals surface area contributed by atoms with Gasteiger partial charge in [-0.25, -0.2) is 0 Å². The number of nitrogens with one attached hydrogen (secondary N) is 1. The van der Waals surface area contributed by atoms with Gasteiger partial charge in [0.1, 0.15) is 10.7 Å². The Labute approximate surface area is 185 Å². The van der Waals surface area contributed by atoms with E-state index < -0.39 is 5.91 Å². The molecule has 1 aromatic carbocycles. The van der Waals surface area contributed by atoms with Crippen molar-refractivity contribution < 1.29 is 9.59 Å². The third kappa shape index (κ3) is 4.40. The van der Waals surface area contributed by atoms with Crippen molar-refractivity contribution in [3.63, 3.8) is 0 Å². The fourth-order valence-corrected chi connectivity index (χ4v) is 5.06. The number of nitrogens with zero attached hydrogens (tertiary/aromatic N) is 3. The molecule has 0 aliphatic carbocycles. The summed E-state index contributed by atoms with van der Waals surface area (Å²) in [5.41, 5.74) is 9.53. The Kier molecular flexibility index (Phi) is 6.60. The summed E-state index contributed by atoms with van der Waals surface area (Å²) in [6.45, 7) is 4.25. The number of aromatic nitrogens is 2. The summed E-state index contributed by atoms with van der Waals surface area (Å²) in [4.78, 5) is 28.3. The number of hydrogen-bond acceptors (Lipinski definition) is 5. The smallest absolute Gasteiger partial charge is 0.274 e. The molecule has 0 spiro atoms. The molecule has 3 N–H and O–H groups in total. The molecule has 0 fully saturated rings. The van der Waals surface area contributed by atoms with Gasteiger partial charge in [-0.15, -0.1) is 23.7 Å². The Hall–Kier alpha value is -2.68. The van der Waals surface area contributed by atoms with Gasteiger partial charge in [-0.1, -0.05) is 30.3 Å². The number of aryl methyl sites for hydroxylation is 2. The zero-order valence-electron chi connectivity index (χ0n) is 16.8. The highest BCUT2D eigenvalue weighted by molar-refractivity contribution is 7.17. The predicted molar refractivity (Wildman–Crippen MR) is 120 cm³/mol. The highest BCUT2D eigenvalue weighted by Crippen LogP contribution is 2.37. The molecule has 2 aromatic heterocycles. The van der Waals surface area contributed by atoms with Gasteiger partial charge in [0.15, 0.2) is 0 Å². The Bertz CT molecular complexity index is 1080. The summed E-state index contributed by atoms with van der Waals surface area (Å²) in [6.07, 6.45) is 0.734. The Morgan fingerprint density at radius 3 is 2.63 bits per heavy atom. The number of thiophene rings is 1. The fraction of sp³-hybridized carbons (Fsp3) is 0.286. The molecule has 7 nitrogen and oxygen atoms in total. The summed E-state index contributed by atoms with van der Waals surface area (Å²) in [7, 11) is 1.72. The average molecular weight is 446 g/mol. The lowest BCUT2D eigenvalue weighted by molar-refractivity contribution is 0.0999. The largest absolute Gasteiger partial charge is 0.365 e. The highest BCUT2D eigenvalue weighted by Gasteiger charge is 2.28. The molecule has 158 valence electrons. The number of anilines is 1. The van der Waals surface area contributed by atoms with Gasteiger partial charge in [0.05, 0.1) is 11.3 Å². The quantitative estimate of drug-likeness (QED) is 0.631. The van der Waals surface area contributed by atoms with Crippen LogP contribution in [0, 0.1) is 6.92 Å². The first kappa shape index (κ1) is 22.0. The molecule has 3 heterocycles. The van der Waals surface area contributed by atoms with Crippen molar-refractivity contribution >= 4 is 40.6 Å². The summed E-state index contributed by atoms with van der Waals surface area (Å²) in [6, 6.07) is 12.0. The normalized spacial score (nSPS) is 13.4. The molecule has 9 heteroatoms. The van der Waals surface area contributed by atoms with Gasteiger partial charge in [0.25, 0.3) is 11.8 Å². The van der Waals surface area contributed by atoms with Crippen molar-refractivity contribution in [3.8, 4) is 0 Å². The predicted octanol–water partition coefficient (Wildman–Crippen LogP) is 3.12. The second kappa shape index (κ2) is 8.99. The second-order valence-electron chi connectivity index (χ2n) is 7.27. The van der Waals surface area contributed by atoms with Crippen LogP contribution in [0.2, 0.25) is 0 Å². The van der Waals surface area contributed by atoms with Crippen molar-refractivity contribution in [1.82, 2.24) is 14.7 Å². The average Bonchev–Trinajstić information content (AvgIpc) is 3.20. The van der Waals surface area contributed by atoms with E-state index in [0.717, 1.165) is 42.2 Å². The van der Waals surface area contributed by atoms with E-state index in [1.165, 1.54) is 21.6 Å². The first-order chi connectivity index (χ1) is 13.9. The highest BCUT2D eigenvalue weighted by atomic mass is 35.5. The molecule has 1 aliphatic heterocycles. The number of halogens is 1. The Morgan fingerprint density at radius 1 is 1.27 bits per heavy atom. The minimum atomic E-state index is -0.504. The SMILES string of the molecule is Cc1cc(C(=O)Nc2sc3c(c2C(N)=O)CCN(Cc2ccccc2)C3)n(C)n1.Cl. The third-order valence-electron chi connectivity index (χ3n) is 5.09. The molecule has 3 aromatic rings. The molecule has 2 amide bonds. The third-order valence-corrected chi connectivity index (χ3v) is 6.23. The van der Waals surface area contributed by atoms with Crippen molar-refractivity contribution in [2.75, 3.05) is 11.9 Å². The van der Waals surface area contributed by atoms with Crippen molar-refractivity contribution in [2.24, 2.45) is 12.8 Å². The van der Waals surface area contributed by atoms with E-state index in [1.807, 2.05) is 25.1 Å². The van der Waals surface area contributed by atoms with Crippen molar-refractivity contribution in [3.05, 3.63) is 69.4 Å². The molecular weight excluding hydrogens is 422 g/mol. The van der Waals surface area contributed by atoms with Crippen LogP contribution < -0.4 is 11.1 Å². The number of amides is 2. The van der Waals surface area contributed by atoms with Crippen LogP contribution in [0.1, 0.15) is 42.5 Å². The molecular formula is C21H24ClN5O2S. The van der Waals surface area contributed by atoms with Gasteiger partial charge in [-0.05, 0) is 30.5 Å². The van der Waals surface area contributed by atoms with E-state index in [9.17, 15) is 9.59 Å². The summed E-state index contributed by atoms with van der Waals surface area (Å²) in [5.74, 6) is -0.800. The van der Waals surface area contributed by atoms with Crippen LogP contribution in [0.3, 0.4) is 0 Å². The molecule has 0 unspecified atom stereocenters. The van der Waals surface area contributed by atoms with Crippen molar-refractivity contribution in [1.29, 1.82) is 0 Å². The van der Waals surface area contributed by atoms with Crippen LogP contribution in [0.25, 0.3) is 0 Å². The standard InChI is InChI=1S/C21H23N5O2S.ClH/c1-13-10-16(25(2)24-13)20(28)23-21-18(19(22)27)15-8-9-26(12-17(15)29-21)11-14-6-4-3-5-7-14;/h3-7,10H,8-9,11-12H2,1-2H3,(H2,22,27)(H,23,28);1H. The molecule has 0 bridgehead atoms. The number of hydrogen-bond donors (Lipinski definition) is 2. The van der Waals surface area contributed by atoms with Crippen LogP contribution in [0.5, 0.6) is 0 Å². The van der Waals surface area contributed by atoms with E-state index in [2.05, 4.69) is 27.4 Å². The summed E-state index contributed by atoms with van der Waals surface area (Å²) < 4.78 is 1.53. The Morgan fingerprint density at radius 2 is 2.00 bits per heavy atom. The molecule has 0 saturated carbocycles. The summed E-state index contributed by atoms with van der Waals surface area (Å²) >= 11 is 1.44. The lowest BCUT2D eigenvalue weighted by Crippen LogP contribution is -2.30. The van der Waals surface area contributed by atoms with Gasteiger partial charge in [0, 0.05) is 31.6 Å². The molecule has 30 heavy (non-hydrogen) atoms. The van der Waals surface area contributed by atoms with E-state index in [4.69, 9.17) is 5.73 Å². The van der Waals surface area contributed by atoms with Crippen LogP contribution in [0.4, 0.5) is 5.00 Å². The van der Waals surface area contributed by atoms with Gasteiger partial charge >= 0.3 is 0 Å². The second-order valence-corrected chi connectivity index (χ2v) is 8.37. The van der Waals surface area contributed by atoms with Gasteiger partial charge in [0.2, 0.25) is 0 Å². The van der Waals surface area contributed by atoms with E-state index >= 15 is 0 Å². The van der Waals surface area contributed by atoms with Crippen LogP contribution in [-0.4, -0.2) is 33.0 Å². The molecule has 0 saturated heterocycles. The summed E-state index contributed by atoms with van der Waals surface area (Å²) in [5, 5.41) is 7.61. The number of rotatable bonds is 5. The molecule has 1 aliphatic rings. The number of primary amides is 1. The minimum Gasteiger partial charge on any atom is -0.365 e. The zero-order chi connectivity index (χ0) is 20.5. The monoisotopic (exact) mass is 445 g/mol. The zero-order valence-corrected chi connectivity index (χ0v) is 18.5. The van der Waals surface area contributed by atoms with Crippen LogP contribution >= 0.6 is 23.7 Å². The first-order valence-corrected chi connectivity index (χ1v) is 10.3. The first-order valence-electron chi connectivity index (χ1n) is 9.45. The molecule has 0 radical (unpaired) electrons. The lowest BCUT2D eigenvalue weighted by Gasteiger charge is -2.27. The van der Waals surface area contributed by atoms with Gasteiger partial charge < -0.3 is 11.1 Å². The molecule has 4 rings (SSSR count). The van der Waals surface area contributed by atoms with E-state index in [-0.39, 0.29) is 18.3 Å². The number of carbonyl (C=O) groups is 2.